The molecule has 2 aromatic carbocycles. The number of fused-ring (bicyclic) bond motifs is 1. The van der Waals surface area contributed by atoms with Gasteiger partial charge in [0, 0.05) is 31.3 Å². The zero-order valence-corrected chi connectivity index (χ0v) is 24.9. The molecule has 0 radical (unpaired) electrons. The van der Waals surface area contributed by atoms with E-state index in [0.717, 1.165) is 5.56 Å². The Bertz CT molecular complexity index is 1220. The molecule has 2 aromatic rings. The molecule has 0 bridgehead atoms. The van der Waals surface area contributed by atoms with Crippen LogP contribution in [0.3, 0.4) is 0 Å². The van der Waals surface area contributed by atoms with Gasteiger partial charge in [-0.1, -0.05) is 41.9 Å². The summed E-state index contributed by atoms with van der Waals surface area (Å²) in [6, 6.07) is 10.8. The normalized spacial score (nSPS) is 23.4. The van der Waals surface area contributed by atoms with Gasteiger partial charge in [0.25, 0.3) is 0 Å². The number of benzene rings is 2. The number of ether oxygens (including phenoxy) is 3. The summed E-state index contributed by atoms with van der Waals surface area (Å²) in [5, 5.41) is -0.0960. The first-order valence-corrected chi connectivity index (χ1v) is 13.5. The Morgan fingerprint density at radius 3 is 2.26 bits per heavy atom. The second-order valence-electron chi connectivity index (χ2n) is 12.3. The number of carbonyl (C=O) groups is 1. The smallest absolute Gasteiger partial charge is 0.480 e. The minimum atomic E-state index is -1.15. The number of carbonyl (C=O) groups excluding carboxylic acids is 1. The third kappa shape index (κ3) is 5.39. The molecule has 2 aliphatic heterocycles. The van der Waals surface area contributed by atoms with Crippen molar-refractivity contribution in [3.63, 3.8) is 0 Å². The molecule has 0 saturated carbocycles. The Hall–Kier alpha value is -2.33. The second kappa shape index (κ2) is 10.3. The van der Waals surface area contributed by atoms with Crippen molar-refractivity contribution in [2.24, 2.45) is 0 Å². The maximum atomic E-state index is 15.4. The van der Waals surface area contributed by atoms with Gasteiger partial charge in [-0.05, 0) is 54.0 Å². The Balaban J connectivity index is 1.89. The number of likely N-dealkylation sites (N-methyl/N-ethyl adjacent to an activating group) is 1. The van der Waals surface area contributed by atoms with Gasteiger partial charge in [0.15, 0.2) is 5.60 Å². The Morgan fingerprint density at radius 1 is 1.13 bits per heavy atom. The quantitative estimate of drug-likeness (QED) is 0.424. The molecule has 0 aliphatic carbocycles. The number of amides is 1. The van der Waals surface area contributed by atoms with Crippen LogP contribution in [0.1, 0.15) is 65.5 Å². The highest BCUT2D eigenvalue weighted by Crippen LogP contribution is 2.52. The molecule has 2 atom stereocenters. The van der Waals surface area contributed by atoms with Crippen LogP contribution in [-0.4, -0.2) is 62.2 Å². The SMILES string of the molecule is COC[C@H]1c2c(cc(F)c(Cl)c2B2OC(C)(C)C(C)(C)O2)O[C@]1(CN(C)C(=O)OC(C)(C)C)c1ccccc1. The summed E-state index contributed by atoms with van der Waals surface area (Å²) >= 11 is 6.66. The Morgan fingerprint density at radius 2 is 1.72 bits per heavy atom. The minimum absolute atomic E-state index is 0.0939. The third-order valence-electron chi connectivity index (χ3n) is 7.72. The largest absolute Gasteiger partial charge is 0.496 e. The maximum Gasteiger partial charge on any atom is 0.496 e. The fraction of sp³-hybridized carbons (Fsp3) is 0.552. The van der Waals surface area contributed by atoms with Crippen LogP contribution in [0.15, 0.2) is 36.4 Å². The summed E-state index contributed by atoms with van der Waals surface area (Å²) in [5.74, 6) is -0.859. The van der Waals surface area contributed by atoms with Crippen LogP contribution in [0, 0.1) is 5.82 Å². The fourth-order valence-corrected chi connectivity index (χ4v) is 5.37. The van der Waals surface area contributed by atoms with Gasteiger partial charge in [0.1, 0.15) is 17.2 Å². The maximum absolute atomic E-state index is 15.4. The third-order valence-corrected chi connectivity index (χ3v) is 8.11. The molecule has 39 heavy (non-hydrogen) atoms. The van der Waals surface area contributed by atoms with Crippen LogP contribution in [0.4, 0.5) is 9.18 Å². The van der Waals surface area contributed by atoms with E-state index in [1.807, 2.05) is 78.8 Å². The molecule has 7 nitrogen and oxygen atoms in total. The van der Waals surface area contributed by atoms with Gasteiger partial charge < -0.3 is 28.4 Å². The molecule has 1 saturated heterocycles. The molecule has 1 amide bonds. The van der Waals surface area contributed by atoms with E-state index in [4.69, 9.17) is 35.1 Å². The first-order valence-electron chi connectivity index (χ1n) is 13.1. The number of nitrogens with zero attached hydrogens (tertiary/aromatic N) is 1. The lowest BCUT2D eigenvalue weighted by molar-refractivity contribution is -0.0133. The van der Waals surface area contributed by atoms with Crippen LogP contribution in [-0.2, 0) is 24.4 Å². The molecule has 2 heterocycles. The summed E-state index contributed by atoms with van der Waals surface area (Å²) in [6.45, 7) is 13.4. The van der Waals surface area contributed by atoms with Gasteiger partial charge >= 0.3 is 13.2 Å². The van der Waals surface area contributed by atoms with E-state index in [1.165, 1.54) is 11.0 Å². The van der Waals surface area contributed by atoms with Gasteiger partial charge in [-0.2, -0.15) is 0 Å². The van der Waals surface area contributed by atoms with E-state index >= 15 is 4.39 Å². The van der Waals surface area contributed by atoms with Crippen molar-refractivity contribution in [2.45, 2.75) is 76.8 Å². The predicted octanol–water partition coefficient (Wildman–Crippen LogP) is 5.66. The molecule has 1 fully saturated rings. The van der Waals surface area contributed by atoms with Gasteiger partial charge in [-0.15, -0.1) is 0 Å². The van der Waals surface area contributed by atoms with Crippen molar-refractivity contribution in [2.75, 3.05) is 27.3 Å². The van der Waals surface area contributed by atoms with Crippen molar-refractivity contribution in [1.82, 2.24) is 4.90 Å². The predicted molar refractivity (Wildman–Crippen MR) is 149 cm³/mol. The van der Waals surface area contributed by atoms with Crippen molar-refractivity contribution in [3.8, 4) is 5.75 Å². The van der Waals surface area contributed by atoms with E-state index in [-0.39, 0.29) is 18.2 Å². The second-order valence-corrected chi connectivity index (χ2v) is 12.7. The van der Waals surface area contributed by atoms with Crippen molar-refractivity contribution in [3.05, 3.63) is 58.4 Å². The van der Waals surface area contributed by atoms with Gasteiger partial charge in [0.2, 0.25) is 0 Å². The van der Waals surface area contributed by atoms with Crippen molar-refractivity contribution >= 4 is 30.3 Å². The Labute approximate surface area is 236 Å². The molecule has 2 aliphatic rings. The Kier molecular flexibility index (Phi) is 7.80. The average molecular weight is 562 g/mol. The number of halogens is 2. The monoisotopic (exact) mass is 561 g/mol. The number of methoxy groups -OCH3 is 1. The van der Waals surface area contributed by atoms with E-state index < -0.39 is 47.4 Å². The molecule has 212 valence electrons. The summed E-state index contributed by atoms with van der Waals surface area (Å²) in [7, 11) is 2.30. The topological polar surface area (TPSA) is 66.5 Å². The zero-order valence-electron chi connectivity index (χ0n) is 24.2. The highest BCUT2D eigenvalue weighted by Gasteiger charge is 2.58. The highest BCUT2D eigenvalue weighted by atomic mass is 35.5. The first kappa shape index (κ1) is 29.7. The van der Waals surface area contributed by atoms with Gasteiger partial charge in [-0.25, -0.2) is 9.18 Å². The van der Waals surface area contributed by atoms with Crippen LogP contribution in [0.25, 0.3) is 0 Å². The number of rotatable bonds is 6. The van der Waals surface area contributed by atoms with E-state index in [9.17, 15) is 4.79 Å². The first-order chi connectivity index (χ1) is 18.0. The molecular formula is C29H38BClFNO6. The molecule has 0 aromatic heterocycles. The molecule has 0 unspecified atom stereocenters. The minimum Gasteiger partial charge on any atom is -0.480 e. The summed E-state index contributed by atoms with van der Waals surface area (Å²) in [4.78, 5) is 14.6. The number of hydrogen-bond donors (Lipinski definition) is 0. The van der Waals surface area contributed by atoms with E-state index in [0.29, 0.717) is 16.8 Å². The van der Waals surface area contributed by atoms with Crippen LogP contribution in [0.5, 0.6) is 5.75 Å². The summed E-state index contributed by atoms with van der Waals surface area (Å²) < 4.78 is 46.1. The highest BCUT2D eigenvalue weighted by molar-refractivity contribution is 6.66. The fourth-order valence-electron chi connectivity index (χ4n) is 5.13. The standard InChI is InChI=1S/C29H38BClFNO6/c1-26(2,3)37-25(34)33(8)17-29(18-13-11-10-12-14-18)19(16-35-9)22-21(36-29)15-20(32)24(31)23(22)30-38-27(4,5)28(6,7)39-30/h10-15,19H,16-17H2,1-9H3/t19-,29+/m0/s1. The van der Waals surface area contributed by atoms with Crippen LogP contribution >= 0.6 is 11.6 Å². The van der Waals surface area contributed by atoms with Crippen molar-refractivity contribution < 1.29 is 32.7 Å². The summed E-state index contributed by atoms with van der Waals surface area (Å²) in [6.07, 6.45) is -0.510. The number of hydrogen-bond acceptors (Lipinski definition) is 6. The zero-order chi connectivity index (χ0) is 29.0. The van der Waals surface area contributed by atoms with Crippen LogP contribution in [0.2, 0.25) is 5.02 Å². The average Bonchev–Trinajstić information content (AvgIpc) is 3.23. The summed E-state index contributed by atoms with van der Waals surface area (Å²) in [5.41, 5.74) is -1.41. The van der Waals surface area contributed by atoms with Gasteiger partial charge in [-0.3, -0.25) is 0 Å². The van der Waals surface area contributed by atoms with E-state index in [2.05, 4.69) is 0 Å². The lowest BCUT2D eigenvalue weighted by Crippen LogP contribution is -2.50. The lowest BCUT2D eigenvalue weighted by Gasteiger charge is -2.38. The van der Waals surface area contributed by atoms with E-state index in [1.54, 1.807) is 14.2 Å². The van der Waals surface area contributed by atoms with Crippen LogP contribution < -0.4 is 10.2 Å². The lowest BCUT2D eigenvalue weighted by atomic mass is 9.69. The molecule has 0 N–H and O–H groups in total. The molecule has 0 spiro atoms. The molecule has 10 heteroatoms. The van der Waals surface area contributed by atoms with Gasteiger partial charge in [0.05, 0.1) is 35.3 Å². The van der Waals surface area contributed by atoms with Crippen molar-refractivity contribution in [1.29, 1.82) is 0 Å². The molecule has 4 rings (SSSR count). The molecular weight excluding hydrogens is 524 g/mol.